The van der Waals surface area contributed by atoms with Gasteiger partial charge in [-0.15, -0.1) is 0 Å². The van der Waals surface area contributed by atoms with E-state index in [9.17, 15) is 0 Å². The fourth-order valence-electron chi connectivity index (χ4n) is 2.78. The van der Waals surface area contributed by atoms with E-state index in [1.54, 1.807) is 0 Å². The van der Waals surface area contributed by atoms with Crippen molar-refractivity contribution < 1.29 is 0 Å². The third-order valence-corrected chi connectivity index (χ3v) is 3.82. The van der Waals surface area contributed by atoms with Gasteiger partial charge in [0.15, 0.2) is 0 Å². The van der Waals surface area contributed by atoms with Gasteiger partial charge in [-0.1, -0.05) is 6.92 Å². The highest BCUT2D eigenvalue weighted by Crippen LogP contribution is 2.38. The molecule has 1 aliphatic carbocycles. The van der Waals surface area contributed by atoms with Crippen LogP contribution in [0.1, 0.15) is 39.5 Å². The molecule has 1 heterocycles. The summed E-state index contributed by atoms with van der Waals surface area (Å²) >= 11 is 0. The fraction of sp³-hybridized carbons (Fsp3) is 1.00. The van der Waals surface area contributed by atoms with Crippen molar-refractivity contribution in [2.45, 2.75) is 45.1 Å². The number of nitrogens with zero attached hydrogens (tertiary/aromatic N) is 1. The highest BCUT2D eigenvalue weighted by atomic mass is 15.2. The summed E-state index contributed by atoms with van der Waals surface area (Å²) in [6.07, 6.45) is 5.48. The van der Waals surface area contributed by atoms with Crippen molar-refractivity contribution in [1.29, 1.82) is 0 Å². The number of hydrogen-bond donors (Lipinski definition) is 1. The van der Waals surface area contributed by atoms with E-state index in [4.69, 9.17) is 5.73 Å². The van der Waals surface area contributed by atoms with Gasteiger partial charge in [-0.05, 0) is 51.0 Å². The van der Waals surface area contributed by atoms with Gasteiger partial charge in [0.2, 0.25) is 0 Å². The lowest BCUT2D eigenvalue weighted by molar-refractivity contribution is 0.143. The van der Waals surface area contributed by atoms with Crippen molar-refractivity contribution in [3.63, 3.8) is 0 Å². The molecule has 0 spiro atoms. The molecule has 0 radical (unpaired) electrons. The molecule has 0 aromatic rings. The van der Waals surface area contributed by atoms with E-state index in [-0.39, 0.29) is 5.54 Å². The summed E-state index contributed by atoms with van der Waals surface area (Å²) < 4.78 is 0. The summed E-state index contributed by atoms with van der Waals surface area (Å²) in [4.78, 5) is 2.58. The van der Waals surface area contributed by atoms with Crippen LogP contribution >= 0.6 is 0 Å². The first kappa shape index (κ1) is 10.4. The van der Waals surface area contributed by atoms with Crippen molar-refractivity contribution in [3.8, 4) is 0 Å². The molecule has 1 saturated carbocycles. The summed E-state index contributed by atoms with van der Waals surface area (Å²) in [5.74, 6) is 1.68. The molecule has 82 valence electrons. The molecule has 2 aliphatic rings. The number of rotatable bonds is 3. The highest BCUT2D eigenvalue weighted by molar-refractivity contribution is 4.97. The Balaban J connectivity index is 1.83. The van der Waals surface area contributed by atoms with Crippen molar-refractivity contribution >= 4 is 0 Å². The molecule has 2 rings (SSSR count). The molecule has 2 unspecified atom stereocenters. The molecular weight excluding hydrogens is 172 g/mol. The quantitative estimate of drug-likeness (QED) is 0.746. The molecule has 0 aromatic carbocycles. The largest absolute Gasteiger partial charge is 0.324 e. The minimum absolute atomic E-state index is 0.0804. The van der Waals surface area contributed by atoms with Crippen LogP contribution in [0, 0.1) is 11.8 Å². The summed E-state index contributed by atoms with van der Waals surface area (Å²) in [5.41, 5.74) is 6.44. The SMILES string of the molecule is CC1CCCN(CC(C)(N)C2CC2)C1. The van der Waals surface area contributed by atoms with Crippen molar-refractivity contribution in [3.05, 3.63) is 0 Å². The van der Waals surface area contributed by atoms with E-state index in [0.717, 1.165) is 18.4 Å². The average Bonchev–Trinajstić information content (AvgIpc) is 2.84. The topological polar surface area (TPSA) is 29.3 Å². The molecule has 0 amide bonds. The molecule has 2 heteroatoms. The number of hydrogen-bond acceptors (Lipinski definition) is 2. The molecule has 2 N–H and O–H groups in total. The van der Waals surface area contributed by atoms with Gasteiger partial charge in [-0.25, -0.2) is 0 Å². The predicted molar refractivity (Wildman–Crippen MR) is 60.2 cm³/mol. The lowest BCUT2D eigenvalue weighted by atomic mass is 9.93. The zero-order valence-corrected chi connectivity index (χ0v) is 9.63. The Kier molecular flexibility index (Phi) is 2.85. The van der Waals surface area contributed by atoms with E-state index in [1.165, 1.54) is 38.8 Å². The molecule has 14 heavy (non-hydrogen) atoms. The van der Waals surface area contributed by atoms with Crippen LogP contribution in [0.25, 0.3) is 0 Å². The minimum atomic E-state index is 0.0804. The van der Waals surface area contributed by atoms with Gasteiger partial charge in [0.05, 0.1) is 0 Å². The molecule has 1 aliphatic heterocycles. The normalized spacial score (nSPS) is 34.1. The maximum absolute atomic E-state index is 6.36. The van der Waals surface area contributed by atoms with Crippen molar-refractivity contribution in [2.75, 3.05) is 19.6 Å². The zero-order chi connectivity index (χ0) is 10.2. The number of piperidine rings is 1. The molecule has 2 fully saturated rings. The first-order valence-corrected chi connectivity index (χ1v) is 6.09. The van der Waals surface area contributed by atoms with Crippen LogP contribution in [0.5, 0.6) is 0 Å². The van der Waals surface area contributed by atoms with E-state index in [2.05, 4.69) is 18.7 Å². The lowest BCUT2D eigenvalue weighted by Gasteiger charge is -2.37. The summed E-state index contributed by atoms with van der Waals surface area (Å²) in [7, 11) is 0. The van der Waals surface area contributed by atoms with Crippen LogP contribution in [0.3, 0.4) is 0 Å². The van der Waals surface area contributed by atoms with Crippen molar-refractivity contribution in [2.24, 2.45) is 17.6 Å². The Morgan fingerprint density at radius 2 is 2.07 bits per heavy atom. The second-order valence-electron chi connectivity index (χ2n) is 5.76. The molecular formula is C12H24N2. The average molecular weight is 196 g/mol. The van der Waals surface area contributed by atoms with Crippen LogP contribution < -0.4 is 5.73 Å². The summed E-state index contributed by atoms with van der Waals surface area (Å²) in [5, 5.41) is 0. The zero-order valence-electron chi connectivity index (χ0n) is 9.63. The fourth-order valence-corrected chi connectivity index (χ4v) is 2.78. The molecule has 0 aromatic heterocycles. The number of nitrogens with two attached hydrogens (primary N) is 1. The van der Waals surface area contributed by atoms with Gasteiger partial charge in [0.1, 0.15) is 0 Å². The third kappa shape index (κ3) is 2.48. The Morgan fingerprint density at radius 3 is 2.64 bits per heavy atom. The van der Waals surface area contributed by atoms with E-state index in [0.29, 0.717) is 0 Å². The third-order valence-electron chi connectivity index (χ3n) is 3.82. The van der Waals surface area contributed by atoms with Gasteiger partial charge in [-0.2, -0.15) is 0 Å². The van der Waals surface area contributed by atoms with Crippen LogP contribution in [-0.4, -0.2) is 30.1 Å². The first-order valence-electron chi connectivity index (χ1n) is 6.09. The van der Waals surface area contributed by atoms with E-state index >= 15 is 0 Å². The molecule has 1 saturated heterocycles. The highest BCUT2D eigenvalue weighted by Gasteiger charge is 2.39. The van der Waals surface area contributed by atoms with Gasteiger partial charge in [-0.3, -0.25) is 0 Å². The van der Waals surface area contributed by atoms with Crippen LogP contribution in [0.15, 0.2) is 0 Å². The number of likely N-dealkylation sites (tertiary alicyclic amines) is 1. The molecule has 2 nitrogen and oxygen atoms in total. The second kappa shape index (κ2) is 3.82. The van der Waals surface area contributed by atoms with Crippen LogP contribution in [0.2, 0.25) is 0 Å². The van der Waals surface area contributed by atoms with Crippen molar-refractivity contribution in [1.82, 2.24) is 4.90 Å². The van der Waals surface area contributed by atoms with Gasteiger partial charge < -0.3 is 10.6 Å². The smallest absolute Gasteiger partial charge is 0.0283 e. The summed E-state index contributed by atoms with van der Waals surface area (Å²) in [6, 6.07) is 0. The Hall–Kier alpha value is -0.0800. The predicted octanol–water partition coefficient (Wildman–Crippen LogP) is 1.85. The first-order chi connectivity index (χ1) is 6.58. The lowest BCUT2D eigenvalue weighted by Crippen LogP contribution is -2.51. The Bertz CT molecular complexity index is 196. The second-order valence-corrected chi connectivity index (χ2v) is 5.76. The van der Waals surface area contributed by atoms with Gasteiger partial charge >= 0.3 is 0 Å². The Labute approximate surface area is 87.8 Å². The van der Waals surface area contributed by atoms with Crippen LogP contribution in [0.4, 0.5) is 0 Å². The van der Waals surface area contributed by atoms with E-state index in [1.807, 2.05) is 0 Å². The molecule has 0 bridgehead atoms. The van der Waals surface area contributed by atoms with Gasteiger partial charge in [0.25, 0.3) is 0 Å². The van der Waals surface area contributed by atoms with Crippen LogP contribution in [-0.2, 0) is 0 Å². The maximum atomic E-state index is 6.36. The minimum Gasteiger partial charge on any atom is -0.324 e. The van der Waals surface area contributed by atoms with E-state index < -0.39 is 0 Å². The maximum Gasteiger partial charge on any atom is 0.0283 e. The molecule has 2 atom stereocenters. The summed E-state index contributed by atoms with van der Waals surface area (Å²) in [6.45, 7) is 8.24. The van der Waals surface area contributed by atoms with Gasteiger partial charge in [0, 0.05) is 18.6 Å². The Morgan fingerprint density at radius 1 is 1.36 bits per heavy atom. The monoisotopic (exact) mass is 196 g/mol. The standard InChI is InChI=1S/C12H24N2/c1-10-4-3-7-14(8-10)9-12(2,13)11-5-6-11/h10-11H,3-9,13H2,1-2H3.